The van der Waals surface area contributed by atoms with Gasteiger partial charge >= 0.3 is 0 Å². The van der Waals surface area contributed by atoms with E-state index in [2.05, 4.69) is 16.0 Å². The lowest BCUT2D eigenvalue weighted by atomic mass is 9.36. The second kappa shape index (κ2) is 10.5. The molecule has 8 fully saturated rings. The number of rotatable bonds is 8. The highest BCUT2D eigenvalue weighted by molar-refractivity contribution is 6.42. The fourth-order valence-corrected chi connectivity index (χ4v) is 9.66. The first-order valence-electron chi connectivity index (χ1n) is 16.4. The maximum absolute atomic E-state index is 13.1. The molecular weight excluding hydrogens is 657 g/mol. The van der Waals surface area contributed by atoms with Crippen LogP contribution in [0.4, 0.5) is 8.78 Å². The van der Waals surface area contributed by atoms with Crippen LogP contribution < -0.4 is 21.7 Å². The summed E-state index contributed by atoms with van der Waals surface area (Å²) >= 11 is 11.9. The SMILES string of the molecule is NC12CC(C3(NC(=O)c4ccc(F)cc4)CC3)(C1)C2.O=C(NC12CC(C3(NC(=O)c4ccc(F)cc4)CC3)(C1)C2)c1ccc(Cl)c(Cl)c1. The van der Waals surface area contributed by atoms with E-state index in [0.717, 1.165) is 64.2 Å². The summed E-state index contributed by atoms with van der Waals surface area (Å²) in [5, 5.41) is 10.3. The molecule has 7 nitrogen and oxygen atoms in total. The Kier molecular flexibility index (Phi) is 6.93. The van der Waals surface area contributed by atoms with Crippen LogP contribution in [0, 0.1) is 22.5 Å². The average Bonchev–Trinajstić information content (AvgIpc) is 3.92. The van der Waals surface area contributed by atoms with Gasteiger partial charge in [0.2, 0.25) is 0 Å². The van der Waals surface area contributed by atoms with Crippen molar-refractivity contribution in [1.29, 1.82) is 0 Å². The summed E-state index contributed by atoms with van der Waals surface area (Å²) in [6.45, 7) is 0. The fourth-order valence-electron chi connectivity index (χ4n) is 9.36. The summed E-state index contributed by atoms with van der Waals surface area (Å²) < 4.78 is 25.9. The second-order valence-corrected chi connectivity index (χ2v) is 16.2. The van der Waals surface area contributed by atoms with E-state index in [4.69, 9.17) is 28.9 Å². The van der Waals surface area contributed by atoms with Gasteiger partial charge in [0.05, 0.1) is 10.0 Å². The van der Waals surface area contributed by atoms with Crippen molar-refractivity contribution in [3.63, 3.8) is 0 Å². The van der Waals surface area contributed by atoms with Gasteiger partial charge in [0, 0.05) is 44.3 Å². The number of nitrogens with two attached hydrogens (primary N) is 1. The van der Waals surface area contributed by atoms with Crippen molar-refractivity contribution in [3.8, 4) is 0 Å². The van der Waals surface area contributed by atoms with Crippen LogP contribution in [0.5, 0.6) is 0 Å². The fraction of sp³-hybridized carbons (Fsp3) is 0.432. The molecule has 8 aliphatic carbocycles. The van der Waals surface area contributed by atoms with Gasteiger partial charge in [-0.3, -0.25) is 14.4 Å². The van der Waals surface area contributed by atoms with E-state index in [1.165, 1.54) is 48.5 Å². The molecule has 48 heavy (non-hydrogen) atoms. The van der Waals surface area contributed by atoms with Crippen molar-refractivity contribution in [3.05, 3.63) is 105 Å². The molecule has 0 heterocycles. The Bertz CT molecular complexity index is 1820. The van der Waals surface area contributed by atoms with Gasteiger partial charge in [-0.2, -0.15) is 0 Å². The minimum atomic E-state index is -0.359. The van der Waals surface area contributed by atoms with Crippen molar-refractivity contribution in [2.24, 2.45) is 16.6 Å². The van der Waals surface area contributed by atoms with Crippen molar-refractivity contribution in [2.75, 3.05) is 0 Å². The zero-order valence-corrected chi connectivity index (χ0v) is 27.7. The molecule has 3 aromatic rings. The predicted octanol–water partition coefficient (Wildman–Crippen LogP) is 6.72. The van der Waals surface area contributed by atoms with Gasteiger partial charge in [-0.1, -0.05) is 23.2 Å². The molecule has 0 unspecified atom stereocenters. The molecule has 0 aromatic heterocycles. The summed E-state index contributed by atoms with van der Waals surface area (Å²) in [6, 6.07) is 16.2. The number of halogens is 4. The molecule has 0 spiro atoms. The van der Waals surface area contributed by atoms with Crippen LogP contribution in [0.25, 0.3) is 0 Å². The third-order valence-corrected chi connectivity index (χ3v) is 12.8. The number of benzene rings is 3. The molecule has 0 saturated heterocycles. The van der Waals surface area contributed by atoms with Crippen molar-refractivity contribution < 1.29 is 23.2 Å². The van der Waals surface area contributed by atoms with E-state index in [1.54, 1.807) is 18.2 Å². The van der Waals surface area contributed by atoms with Crippen molar-refractivity contribution in [2.45, 2.75) is 86.4 Å². The lowest BCUT2D eigenvalue weighted by Gasteiger charge is -2.73. The molecule has 0 radical (unpaired) electrons. The highest BCUT2D eigenvalue weighted by atomic mass is 35.5. The highest BCUT2D eigenvalue weighted by Crippen LogP contribution is 2.77. The van der Waals surface area contributed by atoms with Crippen LogP contribution in [0.3, 0.4) is 0 Å². The first-order valence-corrected chi connectivity index (χ1v) is 17.2. The molecule has 3 aromatic carbocycles. The van der Waals surface area contributed by atoms with Crippen molar-refractivity contribution >= 4 is 40.9 Å². The Morgan fingerprint density at radius 2 is 0.958 bits per heavy atom. The van der Waals surface area contributed by atoms with E-state index in [9.17, 15) is 23.2 Å². The van der Waals surface area contributed by atoms with E-state index >= 15 is 0 Å². The van der Waals surface area contributed by atoms with Crippen LogP contribution in [0.2, 0.25) is 10.0 Å². The number of hydrogen-bond donors (Lipinski definition) is 4. The highest BCUT2D eigenvalue weighted by Gasteiger charge is 2.79. The monoisotopic (exact) mass is 692 g/mol. The lowest BCUT2D eigenvalue weighted by molar-refractivity contribution is -0.175. The van der Waals surface area contributed by atoms with Crippen LogP contribution in [0.15, 0.2) is 66.7 Å². The molecule has 8 saturated carbocycles. The number of carbonyl (C=O) groups excluding carboxylic acids is 3. The molecule has 5 N–H and O–H groups in total. The third-order valence-electron chi connectivity index (χ3n) is 12.1. The predicted molar refractivity (Wildman–Crippen MR) is 178 cm³/mol. The van der Waals surface area contributed by atoms with Crippen LogP contribution >= 0.6 is 23.2 Å². The molecule has 3 amide bonds. The quantitative estimate of drug-likeness (QED) is 0.210. The van der Waals surface area contributed by atoms with Crippen LogP contribution in [-0.4, -0.2) is 39.9 Å². The molecule has 11 rings (SSSR count). The van der Waals surface area contributed by atoms with Gasteiger partial charge in [-0.05, 0) is 136 Å². The van der Waals surface area contributed by atoms with E-state index in [1.807, 2.05) is 0 Å². The van der Waals surface area contributed by atoms with Gasteiger partial charge in [-0.25, -0.2) is 8.78 Å². The minimum Gasteiger partial charge on any atom is -0.347 e. The molecule has 11 heteroatoms. The number of hydrogen-bond acceptors (Lipinski definition) is 4. The van der Waals surface area contributed by atoms with Gasteiger partial charge in [-0.15, -0.1) is 0 Å². The first-order chi connectivity index (χ1) is 22.7. The number of nitrogens with one attached hydrogen (secondary N) is 3. The zero-order valence-electron chi connectivity index (χ0n) is 26.2. The standard InChI is InChI=1S/C22H19Cl2FN2O2.C15H17FN2O/c23-16-6-3-14(9-17(16)24)19(29)26-21-10-20(11-21,12-21)22(7-8-22)27-18(28)13-1-4-15(25)5-2-13;16-11-3-1-10(2-4-11)12(19)18-15(5-6-15)13-7-14(17,8-13)9-13/h1-6,9H,7-8,10-12H2,(H,26,29)(H,27,28);1-4H,5-9,17H2,(H,18,19). The van der Waals surface area contributed by atoms with E-state index in [0.29, 0.717) is 26.7 Å². The largest absolute Gasteiger partial charge is 0.347 e. The van der Waals surface area contributed by atoms with E-state index in [-0.39, 0.29) is 62.3 Å². The Balaban J connectivity index is 0.000000153. The maximum Gasteiger partial charge on any atom is 0.251 e. The first kappa shape index (κ1) is 31.7. The van der Waals surface area contributed by atoms with E-state index < -0.39 is 0 Å². The maximum atomic E-state index is 13.1. The van der Waals surface area contributed by atoms with Crippen molar-refractivity contribution in [1.82, 2.24) is 16.0 Å². The third kappa shape index (κ3) is 5.03. The molecule has 0 atom stereocenters. The molecule has 0 aliphatic heterocycles. The molecule has 4 bridgehead atoms. The summed E-state index contributed by atoms with van der Waals surface area (Å²) in [7, 11) is 0. The lowest BCUT2D eigenvalue weighted by Crippen LogP contribution is -2.80. The average molecular weight is 694 g/mol. The van der Waals surface area contributed by atoms with Crippen LogP contribution in [0.1, 0.15) is 95.3 Å². The van der Waals surface area contributed by atoms with Gasteiger partial charge in [0.25, 0.3) is 17.7 Å². The summed E-state index contributed by atoms with van der Waals surface area (Å²) in [5.41, 5.74) is 7.54. The normalized spacial score (nSPS) is 31.5. The smallest absolute Gasteiger partial charge is 0.251 e. The Hall–Kier alpha value is -3.53. The number of carbonyl (C=O) groups is 3. The molecule has 250 valence electrons. The van der Waals surface area contributed by atoms with Gasteiger partial charge in [0.15, 0.2) is 0 Å². The molecule has 8 aliphatic rings. The Morgan fingerprint density at radius 3 is 1.35 bits per heavy atom. The number of amides is 3. The van der Waals surface area contributed by atoms with Gasteiger partial charge in [0.1, 0.15) is 11.6 Å². The summed E-state index contributed by atoms with van der Waals surface area (Å²) in [4.78, 5) is 37.4. The molecular formula is C37H36Cl2F2N4O3. The van der Waals surface area contributed by atoms with Crippen LogP contribution in [-0.2, 0) is 0 Å². The summed E-state index contributed by atoms with van der Waals surface area (Å²) in [5.74, 6) is -1.09. The topological polar surface area (TPSA) is 113 Å². The Morgan fingerprint density at radius 1 is 0.562 bits per heavy atom. The Labute approximate surface area is 287 Å². The second-order valence-electron chi connectivity index (χ2n) is 15.4. The van der Waals surface area contributed by atoms with Gasteiger partial charge < -0.3 is 21.7 Å². The summed E-state index contributed by atoms with van der Waals surface area (Å²) in [6.07, 6.45) is 9.70. The zero-order chi connectivity index (χ0) is 33.7. The minimum absolute atomic E-state index is 0.0282.